The van der Waals surface area contributed by atoms with Crippen molar-refractivity contribution in [3.63, 3.8) is 0 Å². The first-order chi connectivity index (χ1) is 17.2. The maximum absolute atomic E-state index is 13.4. The van der Waals surface area contributed by atoms with Crippen LogP contribution in [0.1, 0.15) is 55.2 Å². The Labute approximate surface area is 207 Å². The number of hydrogen-bond acceptors (Lipinski definition) is 5. The van der Waals surface area contributed by atoms with E-state index in [0.29, 0.717) is 19.1 Å². The predicted octanol–water partition coefficient (Wildman–Crippen LogP) is 4.49. The van der Waals surface area contributed by atoms with Crippen molar-refractivity contribution in [3.05, 3.63) is 59.2 Å². The molecule has 0 aromatic heterocycles. The van der Waals surface area contributed by atoms with Gasteiger partial charge in [-0.1, -0.05) is 36.4 Å². The first kappa shape index (κ1) is 21.9. The summed E-state index contributed by atoms with van der Waals surface area (Å²) in [6.07, 6.45) is 7.43. The summed E-state index contributed by atoms with van der Waals surface area (Å²) < 4.78 is 19.4. The number of ketones is 1. The van der Waals surface area contributed by atoms with Crippen LogP contribution in [-0.4, -0.2) is 55.2 Å². The standard InChI is InChI=1S/C30H35NO4/c1-33-24-12-11-22-18-25-30(34-17-5-8-20-6-3-2-4-7-20)14-13-23(32)28-29(30,26(22)27(24)35-28)15-16-31(25)19-21-9-10-21/h2-4,6-7,11-12,21,25,28H,5,8-10,13-19H2,1H3/t25?,28-,29-,30+/m0/s1. The Hall–Kier alpha value is -2.37. The SMILES string of the molecule is COc1ccc2c3c1O[C@H]1C(=O)CC[C@@]4(OCCCc5ccccc5)C(C2)N(CC2CC2)CC[C@]314. The van der Waals surface area contributed by atoms with Crippen LogP contribution in [0, 0.1) is 5.92 Å². The normalized spacial score (nSPS) is 32.8. The van der Waals surface area contributed by atoms with Crippen LogP contribution < -0.4 is 9.47 Å². The molecule has 184 valence electrons. The fourth-order valence-electron chi connectivity index (χ4n) is 7.86. The van der Waals surface area contributed by atoms with Crippen LogP contribution in [0.15, 0.2) is 42.5 Å². The minimum Gasteiger partial charge on any atom is -0.493 e. The third-order valence-electron chi connectivity index (χ3n) is 9.54. The maximum Gasteiger partial charge on any atom is 0.174 e. The van der Waals surface area contributed by atoms with Gasteiger partial charge in [-0.25, -0.2) is 0 Å². The van der Waals surface area contributed by atoms with Crippen LogP contribution >= 0.6 is 0 Å². The van der Waals surface area contributed by atoms with E-state index in [0.717, 1.165) is 62.6 Å². The number of aryl methyl sites for hydroxylation is 1. The molecule has 5 heteroatoms. The van der Waals surface area contributed by atoms with E-state index in [1.54, 1.807) is 7.11 Å². The minimum absolute atomic E-state index is 0.231. The van der Waals surface area contributed by atoms with Crippen molar-refractivity contribution in [2.75, 3.05) is 26.8 Å². The third-order valence-corrected chi connectivity index (χ3v) is 9.54. The molecule has 5 nitrogen and oxygen atoms in total. The first-order valence-corrected chi connectivity index (χ1v) is 13.5. The van der Waals surface area contributed by atoms with Crippen molar-refractivity contribution < 1.29 is 19.0 Å². The van der Waals surface area contributed by atoms with E-state index in [-0.39, 0.29) is 11.4 Å². The van der Waals surface area contributed by atoms with Crippen molar-refractivity contribution in [2.45, 2.75) is 74.5 Å². The van der Waals surface area contributed by atoms with E-state index in [9.17, 15) is 4.79 Å². The molecule has 2 heterocycles. The molecule has 1 spiro atoms. The summed E-state index contributed by atoms with van der Waals surface area (Å²) in [5.41, 5.74) is 3.11. The summed E-state index contributed by atoms with van der Waals surface area (Å²) in [5, 5.41) is 0. The van der Waals surface area contributed by atoms with E-state index < -0.39 is 11.5 Å². The zero-order chi connectivity index (χ0) is 23.6. The summed E-state index contributed by atoms with van der Waals surface area (Å²) in [7, 11) is 1.69. The van der Waals surface area contributed by atoms with Gasteiger partial charge in [0.2, 0.25) is 0 Å². The van der Waals surface area contributed by atoms with Gasteiger partial charge in [-0.3, -0.25) is 9.69 Å². The number of Topliss-reactive ketones (excluding diaryl/α,β-unsaturated/α-hetero) is 1. The van der Waals surface area contributed by atoms with Crippen molar-refractivity contribution >= 4 is 5.78 Å². The molecule has 2 bridgehead atoms. The number of benzene rings is 2. The second kappa shape index (κ2) is 8.07. The summed E-state index contributed by atoms with van der Waals surface area (Å²) in [6.45, 7) is 2.88. The lowest BCUT2D eigenvalue weighted by atomic mass is 9.48. The van der Waals surface area contributed by atoms with E-state index in [1.807, 2.05) is 6.07 Å². The first-order valence-electron chi connectivity index (χ1n) is 13.5. The van der Waals surface area contributed by atoms with Crippen LogP contribution in [-0.2, 0) is 27.8 Å². The number of carbonyl (C=O) groups excluding carboxylic acids is 1. The Bertz CT molecular complexity index is 1140. The van der Waals surface area contributed by atoms with Crippen molar-refractivity contribution in [1.82, 2.24) is 4.90 Å². The topological polar surface area (TPSA) is 48.0 Å². The molecule has 1 unspecified atom stereocenters. The molecule has 2 aromatic rings. The quantitative estimate of drug-likeness (QED) is 0.529. The van der Waals surface area contributed by atoms with E-state index in [2.05, 4.69) is 41.3 Å². The smallest absolute Gasteiger partial charge is 0.174 e. The predicted molar refractivity (Wildman–Crippen MR) is 133 cm³/mol. The molecular weight excluding hydrogens is 438 g/mol. The van der Waals surface area contributed by atoms with E-state index in [1.165, 1.54) is 29.5 Å². The molecule has 4 atom stereocenters. The van der Waals surface area contributed by atoms with Crippen molar-refractivity contribution in [2.24, 2.45) is 5.92 Å². The molecule has 1 saturated heterocycles. The second-order valence-electron chi connectivity index (χ2n) is 11.3. The highest BCUT2D eigenvalue weighted by Gasteiger charge is 2.74. The van der Waals surface area contributed by atoms with Gasteiger partial charge in [0.1, 0.15) is 0 Å². The Morgan fingerprint density at radius 1 is 1.11 bits per heavy atom. The number of piperidine rings is 1. The van der Waals surface area contributed by atoms with Gasteiger partial charge in [-0.15, -0.1) is 0 Å². The lowest BCUT2D eigenvalue weighted by molar-refractivity contribution is -0.213. The summed E-state index contributed by atoms with van der Waals surface area (Å²) in [4.78, 5) is 16.1. The van der Waals surface area contributed by atoms with Crippen LogP contribution in [0.4, 0.5) is 0 Å². The van der Waals surface area contributed by atoms with Crippen LogP contribution in [0.2, 0.25) is 0 Å². The number of rotatable bonds is 8. The number of ether oxygens (including phenoxy) is 3. The lowest BCUT2D eigenvalue weighted by Crippen LogP contribution is -2.77. The fourth-order valence-corrected chi connectivity index (χ4v) is 7.86. The molecule has 3 aliphatic carbocycles. The van der Waals surface area contributed by atoms with Crippen LogP contribution in [0.3, 0.4) is 0 Å². The highest BCUT2D eigenvalue weighted by Crippen LogP contribution is 2.66. The number of nitrogens with zero attached hydrogens (tertiary/aromatic N) is 1. The Morgan fingerprint density at radius 2 is 1.97 bits per heavy atom. The molecule has 0 N–H and O–H groups in total. The molecule has 2 saturated carbocycles. The van der Waals surface area contributed by atoms with E-state index in [4.69, 9.17) is 14.2 Å². The van der Waals surface area contributed by atoms with Gasteiger partial charge in [-0.2, -0.15) is 0 Å². The molecule has 35 heavy (non-hydrogen) atoms. The number of methoxy groups -OCH3 is 1. The Morgan fingerprint density at radius 3 is 2.77 bits per heavy atom. The lowest BCUT2D eigenvalue weighted by Gasteiger charge is -2.64. The molecule has 2 aromatic carbocycles. The van der Waals surface area contributed by atoms with Crippen molar-refractivity contribution in [3.8, 4) is 11.5 Å². The van der Waals surface area contributed by atoms with Gasteiger partial charge in [0, 0.05) is 31.2 Å². The van der Waals surface area contributed by atoms with Gasteiger partial charge in [0.25, 0.3) is 0 Å². The monoisotopic (exact) mass is 473 g/mol. The van der Waals surface area contributed by atoms with Crippen LogP contribution in [0.5, 0.6) is 11.5 Å². The Kier molecular flexibility index (Phi) is 5.05. The molecule has 0 amide bonds. The zero-order valence-corrected chi connectivity index (χ0v) is 20.6. The van der Waals surface area contributed by atoms with Crippen LogP contribution in [0.25, 0.3) is 0 Å². The highest BCUT2D eigenvalue weighted by atomic mass is 16.5. The molecule has 0 radical (unpaired) electrons. The molecular formula is C30H35NO4. The van der Waals surface area contributed by atoms with Gasteiger partial charge in [0.15, 0.2) is 23.4 Å². The summed E-state index contributed by atoms with van der Waals surface area (Å²) >= 11 is 0. The van der Waals surface area contributed by atoms with Gasteiger partial charge in [0.05, 0.1) is 18.1 Å². The fraction of sp³-hybridized carbons (Fsp3) is 0.567. The molecule has 5 aliphatic rings. The average molecular weight is 474 g/mol. The molecule has 7 rings (SSSR count). The van der Waals surface area contributed by atoms with Crippen molar-refractivity contribution in [1.29, 1.82) is 0 Å². The van der Waals surface area contributed by atoms with Gasteiger partial charge in [-0.05, 0) is 74.6 Å². The number of carbonyl (C=O) groups is 1. The molecule has 3 fully saturated rings. The van der Waals surface area contributed by atoms with Gasteiger partial charge < -0.3 is 14.2 Å². The maximum atomic E-state index is 13.4. The number of likely N-dealkylation sites (tertiary alicyclic amines) is 1. The Balaban J connectivity index is 1.29. The largest absolute Gasteiger partial charge is 0.493 e. The minimum atomic E-state index is -0.457. The zero-order valence-electron chi connectivity index (χ0n) is 20.6. The average Bonchev–Trinajstić information content (AvgIpc) is 3.63. The summed E-state index contributed by atoms with van der Waals surface area (Å²) in [5.74, 6) is 2.61. The third kappa shape index (κ3) is 3.10. The number of hydrogen-bond donors (Lipinski definition) is 0. The summed E-state index contributed by atoms with van der Waals surface area (Å²) in [6, 6.07) is 15.2. The molecule has 2 aliphatic heterocycles. The van der Waals surface area contributed by atoms with Gasteiger partial charge >= 0.3 is 0 Å². The second-order valence-corrected chi connectivity index (χ2v) is 11.3. The van der Waals surface area contributed by atoms with E-state index >= 15 is 0 Å². The highest BCUT2D eigenvalue weighted by molar-refractivity contribution is 5.90.